The van der Waals surface area contributed by atoms with Gasteiger partial charge in [-0.25, -0.2) is 0 Å². The second kappa shape index (κ2) is 6.30. The Hall–Kier alpha value is -3.13. The van der Waals surface area contributed by atoms with Crippen LogP contribution in [0.5, 0.6) is 0 Å². The van der Waals surface area contributed by atoms with Gasteiger partial charge in [-0.1, -0.05) is 23.9 Å². The highest BCUT2D eigenvalue weighted by Crippen LogP contribution is 2.29. The van der Waals surface area contributed by atoms with Crippen molar-refractivity contribution in [2.75, 3.05) is 5.75 Å². The minimum absolute atomic E-state index is 0.615. The molecule has 5 rings (SSSR count). The highest BCUT2D eigenvalue weighted by molar-refractivity contribution is 7.99. The number of aromatic nitrogens is 4. The zero-order valence-corrected chi connectivity index (χ0v) is 14.5. The van der Waals surface area contributed by atoms with E-state index in [-0.39, 0.29) is 0 Å². The van der Waals surface area contributed by atoms with E-state index in [0.29, 0.717) is 16.7 Å². The second-order valence-corrected chi connectivity index (χ2v) is 6.81. The van der Waals surface area contributed by atoms with Crippen molar-refractivity contribution in [2.45, 2.75) is 11.6 Å². The molecule has 0 unspecified atom stereocenters. The van der Waals surface area contributed by atoms with Crippen molar-refractivity contribution in [3.63, 3.8) is 0 Å². The van der Waals surface area contributed by atoms with Crippen LogP contribution in [0.2, 0.25) is 0 Å². The average Bonchev–Trinajstić information content (AvgIpc) is 3.47. The van der Waals surface area contributed by atoms with Crippen molar-refractivity contribution < 1.29 is 4.42 Å². The predicted molar refractivity (Wildman–Crippen MR) is 103 cm³/mol. The molecular formula is C18H14N6OS. The van der Waals surface area contributed by atoms with E-state index < -0.39 is 0 Å². The molecular weight excluding hydrogens is 348 g/mol. The van der Waals surface area contributed by atoms with Gasteiger partial charge in [-0.2, -0.15) is 15.2 Å². The molecule has 1 aliphatic heterocycles. The summed E-state index contributed by atoms with van der Waals surface area (Å²) in [6, 6.07) is 12.1. The van der Waals surface area contributed by atoms with Crippen LogP contribution in [0.4, 0.5) is 0 Å². The predicted octanol–water partition coefficient (Wildman–Crippen LogP) is 4.14. The summed E-state index contributed by atoms with van der Waals surface area (Å²) in [5.41, 5.74) is 3.12. The van der Waals surface area contributed by atoms with Gasteiger partial charge in [0.1, 0.15) is 5.76 Å². The smallest absolute Gasteiger partial charge is 0.209 e. The molecule has 0 amide bonds. The maximum atomic E-state index is 5.97. The standard InChI is InChI=1S/C18H14N6OS/c1-2-12(9-14-11(1)5-7-19-14)15-3-4-16(25-15)17-21-18(24-23-17)26-10-13-6-8-20-22-13/h1-5,7-9,19H,6,10H2,(H,21,23,24). The molecule has 2 N–H and O–H groups in total. The number of benzene rings is 1. The van der Waals surface area contributed by atoms with E-state index in [0.717, 1.165) is 34.7 Å². The Morgan fingerprint density at radius 3 is 3.00 bits per heavy atom. The number of hydrogen-bond donors (Lipinski definition) is 2. The molecule has 0 saturated carbocycles. The molecule has 3 aromatic heterocycles. The summed E-state index contributed by atoms with van der Waals surface area (Å²) in [4.78, 5) is 7.71. The van der Waals surface area contributed by atoms with Gasteiger partial charge in [0.15, 0.2) is 11.6 Å². The summed E-state index contributed by atoms with van der Waals surface area (Å²) in [5.74, 6) is 2.80. The summed E-state index contributed by atoms with van der Waals surface area (Å²) < 4.78 is 5.97. The van der Waals surface area contributed by atoms with E-state index in [1.807, 2.05) is 30.5 Å². The molecule has 7 nitrogen and oxygen atoms in total. The molecule has 1 aromatic carbocycles. The first-order valence-corrected chi connectivity index (χ1v) is 9.14. The Kier molecular flexibility index (Phi) is 3.67. The van der Waals surface area contributed by atoms with E-state index in [9.17, 15) is 0 Å². The highest BCUT2D eigenvalue weighted by Gasteiger charge is 2.13. The Morgan fingerprint density at radius 1 is 1.12 bits per heavy atom. The zero-order valence-electron chi connectivity index (χ0n) is 13.6. The van der Waals surface area contributed by atoms with Gasteiger partial charge < -0.3 is 9.40 Å². The summed E-state index contributed by atoms with van der Waals surface area (Å²) in [7, 11) is 0. The molecule has 1 aliphatic rings. The van der Waals surface area contributed by atoms with Crippen molar-refractivity contribution in [1.29, 1.82) is 0 Å². The molecule has 0 fully saturated rings. The van der Waals surface area contributed by atoms with Crippen LogP contribution in [0.1, 0.15) is 6.42 Å². The number of rotatable bonds is 5. The van der Waals surface area contributed by atoms with Crippen molar-refractivity contribution in [3.05, 3.63) is 42.6 Å². The highest BCUT2D eigenvalue weighted by atomic mass is 32.2. The molecule has 0 bridgehead atoms. The van der Waals surface area contributed by atoms with Crippen LogP contribution in [0, 0.1) is 0 Å². The molecule has 0 radical (unpaired) electrons. The zero-order chi connectivity index (χ0) is 17.3. The summed E-state index contributed by atoms with van der Waals surface area (Å²) in [6.07, 6.45) is 4.53. The number of nitrogens with one attached hydrogen (secondary N) is 2. The Bertz CT molecular complexity index is 1140. The molecule has 0 spiro atoms. The van der Waals surface area contributed by atoms with E-state index in [1.54, 1.807) is 6.21 Å². The van der Waals surface area contributed by atoms with Gasteiger partial charge >= 0.3 is 0 Å². The first kappa shape index (κ1) is 15.2. The van der Waals surface area contributed by atoms with Crippen LogP contribution < -0.4 is 0 Å². The number of aromatic amines is 2. The Morgan fingerprint density at radius 2 is 2.08 bits per heavy atom. The number of fused-ring (bicyclic) bond motifs is 1. The van der Waals surface area contributed by atoms with Crippen LogP contribution in [0.25, 0.3) is 33.8 Å². The summed E-state index contributed by atoms with van der Waals surface area (Å²) in [5, 5.41) is 16.9. The number of H-pyrrole nitrogens is 2. The largest absolute Gasteiger partial charge is 0.453 e. The minimum Gasteiger partial charge on any atom is -0.453 e. The first-order chi connectivity index (χ1) is 12.8. The fraction of sp³-hybridized carbons (Fsp3) is 0.111. The minimum atomic E-state index is 0.615. The van der Waals surface area contributed by atoms with Crippen LogP contribution in [0.3, 0.4) is 0 Å². The molecule has 0 atom stereocenters. The SMILES string of the molecule is C1=NN=C(CSc2n[nH]c(-c3ccc(-c4ccc5cc[nH]c5c4)o3)n2)C1. The molecule has 0 saturated heterocycles. The van der Waals surface area contributed by atoms with Crippen molar-refractivity contribution in [2.24, 2.45) is 10.2 Å². The fourth-order valence-electron chi connectivity index (χ4n) is 2.79. The van der Waals surface area contributed by atoms with Crippen LogP contribution in [-0.4, -0.2) is 37.8 Å². The van der Waals surface area contributed by atoms with Gasteiger partial charge in [0.25, 0.3) is 0 Å². The molecule has 8 heteroatoms. The van der Waals surface area contributed by atoms with Crippen LogP contribution >= 0.6 is 11.8 Å². The molecule has 4 aromatic rings. The third-order valence-electron chi connectivity index (χ3n) is 4.12. The third kappa shape index (κ3) is 2.84. The normalized spacial score (nSPS) is 13.6. The third-order valence-corrected chi connectivity index (χ3v) is 5.04. The van der Waals surface area contributed by atoms with Gasteiger partial charge in [-0.3, -0.25) is 5.10 Å². The fourth-order valence-corrected chi connectivity index (χ4v) is 3.53. The lowest BCUT2D eigenvalue weighted by atomic mass is 10.1. The van der Waals surface area contributed by atoms with Gasteiger partial charge in [-0.15, -0.1) is 5.10 Å². The summed E-state index contributed by atoms with van der Waals surface area (Å²) >= 11 is 1.53. The van der Waals surface area contributed by atoms with Crippen molar-refractivity contribution >= 4 is 34.6 Å². The molecule has 26 heavy (non-hydrogen) atoms. The first-order valence-electron chi connectivity index (χ1n) is 8.15. The lowest BCUT2D eigenvalue weighted by Crippen LogP contribution is -1.98. The second-order valence-electron chi connectivity index (χ2n) is 5.87. The summed E-state index contributed by atoms with van der Waals surface area (Å²) in [6.45, 7) is 0. The molecule has 4 heterocycles. The Balaban J connectivity index is 1.34. The number of thioether (sulfide) groups is 1. The van der Waals surface area contributed by atoms with Gasteiger partial charge in [0, 0.05) is 35.7 Å². The van der Waals surface area contributed by atoms with Crippen LogP contribution in [0.15, 0.2) is 62.4 Å². The number of furan rings is 1. The Labute approximate surface area is 152 Å². The molecule has 128 valence electrons. The van der Waals surface area contributed by atoms with E-state index in [4.69, 9.17) is 4.42 Å². The quantitative estimate of drug-likeness (QED) is 0.522. The topological polar surface area (TPSA) is 95.2 Å². The van der Waals surface area contributed by atoms with Crippen LogP contribution in [-0.2, 0) is 0 Å². The number of hydrogen-bond acceptors (Lipinski definition) is 6. The average molecular weight is 362 g/mol. The monoisotopic (exact) mass is 362 g/mol. The number of nitrogens with zero attached hydrogens (tertiary/aromatic N) is 4. The maximum absolute atomic E-state index is 5.97. The van der Waals surface area contributed by atoms with Gasteiger partial charge in [0.05, 0.1) is 5.71 Å². The lowest BCUT2D eigenvalue weighted by molar-refractivity contribution is 0.592. The van der Waals surface area contributed by atoms with E-state index in [1.165, 1.54) is 17.1 Å². The lowest BCUT2D eigenvalue weighted by Gasteiger charge is -1.97. The van der Waals surface area contributed by atoms with Gasteiger partial charge in [0.2, 0.25) is 5.16 Å². The van der Waals surface area contributed by atoms with E-state index in [2.05, 4.69) is 42.5 Å². The van der Waals surface area contributed by atoms with Gasteiger partial charge in [-0.05, 0) is 29.7 Å². The van der Waals surface area contributed by atoms with Crippen molar-refractivity contribution in [1.82, 2.24) is 20.2 Å². The van der Waals surface area contributed by atoms with Crippen molar-refractivity contribution in [3.8, 4) is 22.9 Å². The molecule has 0 aliphatic carbocycles. The maximum Gasteiger partial charge on any atom is 0.209 e. The van der Waals surface area contributed by atoms with E-state index >= 15 is 0 Å².